The molecule has 2 saturated heterocycles. The molecule has 139 heavy (non-hydrogen) atoms. The number of fused-ring (bicyclic) bond motifs is 3. The Bertz CT molecular complexity index is 5810. The maximum atomic E-state index is 15.5. The summed E-state index contributed by atoms with van der Waals surface area (Å²) in [6.45, 7) is -2.36. The molecule has 9 atom stereocenters. The summed E-state index contributed by atoms with van der Waals surface area (Å²) in [5.41, 5.74) is 25.6. The Morgan fingerprint density at radius 2 is 0.871 bits per heavy atom. The zero-order valence-corrected chi connectivity index (χ0v) is 76.2. The summed E-state index contributed by atoms with van der Waals surface area (Å²) in [6, 6.07) is 22.3. The first-order valence-corrected chi connectivity index (χ1v) is 45.3. The van der Waals surface area contributed by atoms with Crippen molar-refractivity contribution in [1.82, 2.24) is 113 Å². The smallest absolute Gasteiger partial charge is 0.330 e. The highest BCUT2D eigenvalue weighted by molar-refractivity contribution is 6.09. The number of likely N-dealkylation sites (tertiary alicyclic amines) is 1. The summed E-state index contributed by atoms with van der Waals surface area (Å²) in [7, 11) is 0. The molecule has 12 amide bonds. The average Bonchev–Trinajstić information content (AvgIpc) is 1.75. The Morgan fingerprint density at radius 1 is 0.439 bits per heavy atom. The van der Waals surface area contributed by atoms with E-state index < -0.39 is 189 Å². The maximum absolute atomic E-state index is 15.5. The van der Waals surface area contributed by atoms with Crippen molar-refractivity contribution in [3.05, 3.63) is 204 Å². The number of carbonyl (C=O) groups is 15. The molecule has 738 valence electrons. The summed E-state index contributed by atoms with van der Waals surface area (Å²) < 4.78 is 0. The number of aromatic amines is 3. The lowest BCUT2D eigenvalue weighted by molar-refractivity contribution is -0.142. The number of nitrogens with two attached hydrogens (primary N) is 3. The van der Waals surface area contributed by atoms with Gasteiger partial charge in [-0.2, -0.15) is 0 Å². The van der Waals surface area contributed by atoms with Crippen LogP contribution < -0.4 is 81.2 Å². The van der Waals surface area contributed by atoms with Crippen molar-refractivity contribution in [2.45, 2.75) is 125 Å². The average molecular weight is 1920 g/mol. The van der Waals surface area contributed by atoms with Crippen molar-refractivity contribution in [2.24, 2.45) is 17.2 Å². The SMILES string of the molecule is N=C(N)NCCC[C@H](NC(=O)[C@H](Cc1cnc2ccccc2c1)NC(=O)CN1CCN(CC(=O)O)CCN(CC(=O)O)CCN(CC(=O)O)CC1)C(=O)N[C@@H](Cc1c[nH]c2ccccc12)C(=O)N[C@@H](CO)C(=O)N[C@@H](Cc1cnc[nH]1)C(=O)N[C@H](CCCNC(=N)N)C(=O)N[C@@H](Cc1c[nH]c2ccccc12)C(=O)N[C@@H](Cc1ccc(C(=O)c2ccccc2)cc1)C(=O)N1CCC[C@H]1C(=O)NNC(N)=O. The van der Waals surface area contributed by atoms with Crippen molar-refractivity contribution < 1.29 is 92.3 Å². The summed E-state index contributed by atoms with van der Waals surface area (Å²) >= 11 is 0. The molecular formula is C93H117N27O19. The molecule has 5 aromatic carbocycles. The normalized spacial score (nSPS) is 15.7. The fraction of sp³-hybridized carbons (Fsp3) is 0.387. The number of primary amides is 1. The number of carbonyl (C=O) groups excluding carboxylic acids is 12. The van der Waals surface area contributed by atoms with E-state index in [2.05, 4.69) is 83.5 Å². The molecule has 27 N–H and O–H groups in total. The van der Waals surface area contributed by atoms with Crippen LogP contribution in [0, 0.1) is 10.8 Å². The molecule has 0 bridgehead atoms. The molecule has 11 rings (SSSR count). The second-order valence-electron chi connectivity index (χ2n) is 33.9. The number of imidazole rings is 1. The number of hydrazine groups is 1. The minimum atomic E-state index is -1.95. The third kappa shape index (κ3) is 31.6. The van der Waals surface area contributed by atoms with Crippen LogP contribution >= 0.6 is 0 Å². The lowest BCUT2D eigenvalue weighted by atomic mass is 9.98. The van der Waals surface area contributed by atoms with Crippen LogP contribution in [0.3, 0.4) is 0 Å². The molecule has 0 saturated carbocycles. The van der Waals surface area contributed by atoms with Gasteiger partial charge in [-0.25, -0.2) is 15.2 Å². The number of urea groups is 1. The topological polar surface area (TPSA) is 696 Å². The number of aromatic nitrogens is 5. The number of pyridine rings is 1. The number of aliphatic hydroxyl groups excluding tert-OH is 1. The molecule has 4 aromatic heterocycles. The van der Waals surface area contributed by atoms with Crippen LogP contribution in [0.1, 0.15) is 82.4 Å². The van der Waals surface area contributed by atoms with E-state index in [1.807, 2.05) is 5.43 Å². The molecule has 6 heterocycles. The molecule has 2 aliphatic heterocycles. The number of aliphatic carboxylic acids is 3. The van der Waals surface area contributed by atoms with Crippen molar-refractivity contribution >= 4 is 133 Å². The van der Waals surface area contributed by atoms with Crippen molar-refractivity contribution in [2.75, 3.05) is 105 Å². The minimum Gasteiger partial charge on any atom is -0.480 e. The predicted octanol–water partition coefficient (Wildman–Crippen LogP) is -2.77. The zero-order chi connectivity index (χ0) is 99.6. The molecule has 0 spiro atoms. The number of benzene rings is 5. The first-order valence-electron chi connectivity index (χ1n) is 45.3. The molecule has 0 aliphatic carbocycles. The maximum Gasteiger partial charge on any atom is 0.330 e. The lowest BCUT2D eigenvalue weighted by Gasteiger charge is -2.33. The van der Waals surface area contributed by atoms with E-state index in [1.165, 1.54) is 23.6 Å². The van der Waals surface area contributed by atoms with E-state index in [-0.39, 0.29) is 141 Å². The number of rotatable bonds is 46. The molecular weight excluding hydrogens is 1800 g/mol. The fourth-order valence-corrected chi connectivity index (χ4v) is 16.6. The van der Waals surface area contributed by atoms with Gasteiger partial charge in [0, 0.05) is 173 Å². The van der Waals surface area contributed by atoms with Crippen molar-refractivity contribution in [1.29, 1.82) is 10.8 Å². The van der Waals surface area contributed by atoms with Gasteiger partial charge < -0.3 is 111 Å². The lowest BCUT2D eigenvalue weighted by Crippen LogP contribution is -2.62. The van der Waals surface area contributed by atoms with Crippen LogP contribution in [-0.4, -0.2) is 330 Å². The zero-order valence-electron chi connectivity index (χ0n) is 76.2. The number of nitrogens with zero attached hydrogens (tertiary/aromatic N) is 7. The van der Waals surface area contributed by atoms with Gasteiger partial charge in [-0.15, -0.1) is 0 Å². The largest absolute Gasteiger partial charge is 0.480 e. The number of para-hydroxylation sites is 3. The number of hydrogen-bond donors (Lipinski definition) is 24. The molecule has 0 unspecified atom stereocenters. The van der Waals surface area contributed by atoms with Crippen LogP contribution in [0.4, 0.5) is 4.79 Å². The first-order chi connectivity index (χ1) is 66.8. The van der Waals surface area contributed by atoms with E-state index in [0.29, 0.717) is 72.5 Å². The van der Waals surface area contributed by atoms with Crippen LogP contribution in [0.15, 0.2) is 165 Å². The van der Waals surface area contributed by atoms with E-state index in [0.717, 1.165) is 0 Å². The van der Waals surface area contributed by atoms with E-state index in [9.17, 15) is 54.0 Å². The van der Waals surface area contributed by atoms with Gasteiger partial charge in [0.2, 0.25) is 53.2 Å². The van der Waals surface area contributed by atoms with E-state index in [4.69, 9.17) is 28.0 Å². The van der Waals surface area contributed by atoms with Crippen LogP contribution in [-0.2, 0) is 94.4 Å². The molecule has 2 fully saturated rings. The van der Waals surface area contributed by atoms with Gasteiger partial charge >= 0.3 is 23.9 Å². The number of carboxylic acid groups (broad SMARTS) is 3. The number of carboxylic acids is 3. The number of nitrogens with one attached hydrogen (secondary N) is 17. The van der Waals surface area contributed by atoms with Gasteiger partial charge in [-0.3, -0.25) is 108 Å². The minimum absolute atomic E-state index is 0.00430. The summed E-state index contributed by atoms with van der Waals surface area (Å²) in [6.07, 6.45) is 5.84. The number of amides is 12. The predicted molar refractivity (Wildman–Crippen MR) is 507 cm³/mol. The van der Waals surface area contributed by atoms with Gasteiger partial charge in [0.1, 0.15) is 54.4 Å². The summed E-state index contributed by atoms with van der Waals surface area (Å²) in [5, 5.41) is 85.7. The second kappa shape index (κ2) is 51.2. The van der Waals surface area contributed by atoms with Crippen molar-refractivity contribution in [3.63, 3.8) is 0 Å². The van der Waals surface area contributed by atoms with Gasteiger partial charge in [-0.1, -0.05) is 109 Å². The van der Waals surface area contributed by atoms with Gasteiger partial charge in [-0.05, 0) is 85.0 Å². The first kappa shape index (κ1) is 104. The monoisotopic (exact) mass is 1920 g/mol. The molecule has 2 aliphatic rings. The highest BCUT2D eigenvalue weighted by Gasteiger charge is 2.41. The Morgan fingerprint density at radius 3 is 1.36 bits per heavy atom. The quantitative estimate of drug-likeness (QED) is 0.00604. The van der Waals surface area contributed by atoms with E-state index in [1.54, 1.807) is 165 Å². The number of aliphatic hydroxyl groups is 1. The third-order valence-electron chi connectivity index (χ3n) is 23.7. The number of guanidine groups is 2. The van der Waals surface area contributed by atoms with Gasteiger partial charge in [0.25, 0.3) is 5.91 Å². The fourth-order valence-electron chi connectivity index (χ4n) is 16.6. The van der Waals surface area contributed by atoms with Crippen molar-refractivity contribution in [3.8, 4) is 0 Å². The molecule has 46 heteroatoms. The highest BCUT2D eigenvalue weighted by atomic mass is 16.4. The number of hydrogen-bond acceptors (Lipinski definition) is 24. The van der Waals surface area contributed by atoms with Crippen LogP contribution in [0.2, 0.25) is 0 Å². The van der Waals surface area contributed by atoms with Gasteiger partial charge in [0.05, 0.1) is 44.6 Å². The third-order valence-corrected chi connectivity index (χ3v) is 23.7. The molecule has 0 radical (unpaired) electrons. The Hall–Kier alpha value is -15.8. The highest BCUT2D eigenvalue weighted by Crippen LogP contribution is 2.26. The molecule has 9 aromatic rings. The number of H-pyrrole nitrogens is 3. The summed E-state index contributed by atoms with van der Waals surface area (Å²) in [5.74, 6) is -14.1. The van der Waals surface area contributed by atoms with Crippen LogP contribution in [0.25, 0.3) is 32.7 Å². The van der Waals surface area contributed by atoms with Crippen LogP contribution in [0.5, 0.6) is 0 Å². The number of ketones is 1. The van der Waals surface area contributed by atoms with E-state index >= 15 is 38.4 Å². The molecule has 46 nitrogen and oxygen atoms in total. The Kier molecular flexibility index (Phi) is 38.2. The Labute approximate surface area is 797 Å². The van der Waals surface area contributed by atoms with Gasteiger partial charge in [0.15, 0.2) is 17.7 Å². The summed E-state index contributed by atoms with van der Waals surface area (Å²) in [4.78, 5) is 238. The Balaban J connectivity index is 0.855. The second-order valence-corrected chi connectivity index (χ2v) is 33.9. The standard InChI is InChI=1S/C93H117N27O19/c94-91(95)100-28-10-21-68(107-84(132)70(41-56-39-59-15-4-7-18-65(59)102-45-56)106-77(122)49-116-31-33-117(50-78(123)124)35-37-119(52-80(127)128)38-36-118(34-32-116)51-79(125)126)82(130)110-72(43-61-47-104-67-20-9-6-17-64(61)67)86(134)113-75(53-121)88(136)111-73(44-62-48-99-54-105-62)87(135)108-69(22-11-29-101-92(96)97)83(131)109-71(42-60-46-103-66-19-8-5-16-63(60)66)85(133)112-74(90(138)120-30-12-23-76(120)89(137)114-115-93(98)139)40-55-24-26-58(27-25-55)81(129)57-13-2-1-3-14-57/h1-9,13-20,24-27,39,45-48,54,68-76,103-104,121H,10-12,21-23,28-38,40-44,49-53H2,(H,99,105)(H,106,122)(H,107,132)(H,108,135)(H,109,131)(H,110,130)(H,111,136)(H,112,133)(H,113,134)(H,114,137)(H,123,124)(H,125,126)(H,127,128)(H4,94,95,100)(H4,96,97,101)(H3,98,115,139)/t68-,69+,70-,71-,72-,73-,74-,75-,76-/m0/s1.